The highest BCUT2D eigenvalue weighted by molar-refractivity contribution is 5.93. The smallest absolute Gasteiger partial charge is 0.239 e. The van der Waals surface area contributed by atoms with Crippen LogP contribution in [0.15, 0.2) is 12.3 Å². The lowest BCUT2D eigenvalue weighted by atomic mass is 9.96. The molecular weight excluding hydrogens is 318 g/mol. The normalized spacial score (nSPS) is 17.4. The lowest BCUT2D eigenvalue weighted by Crippen LogP contribution is -2.47. The summed E-state index contributed by atoms with van der Waals surface area (Å²) in [6.45, 7) is 9.03. The first-order chi connectivity index (χ1) is 11.7. The molecule has 1 fully saturated rings. The summed E-state index contributed by atoms with van der Waals surface area (Å²) in [7, 11) is 0. The maximum atomic E-state index is 12.3. The number of hydrogen-bond acceptors (Lipinski definition) is 4. The van der Waals surface area contributed by atoms with Crippen LogP contribution < -0.4 is 11.1 Å². The number of hydrogen-bond donors (Lipinski definition) is 2. The number of likely N-dealkylation sites (tertiary alicyclic amines) is 1. The fourth-order valence-electron chi connectivity index (χ4n) is 3.01. The molecule has 1 saturated heterocycles. The fourth-order valence-corrected chi connectivity index (χ4v) is 3.01. The highest BCUT2D eigenvalue weighted by Crippen LogP contribution is 2.27. The maximum absolute atomic E-state index is 12.3. The van der Waals surface area contributed by atoms with Crippen molar-refractivity contribution in [3.8, 4) is 0 Å². The quantitative estimate of drug-likeness (QED) is 0.852. The van der Waals surface area contributed by atoms with Crippen molar-refractivity contribution in [1.29, 1.82) is 0 Å². The van der Waals surface area contributed by atoms with E-state index in [2.05, 4.69) is 10.4 Å². The van der Waals surface area contributed by atoms with Crippen LogP contribution in [-0.2, 0) is 9.59 Å². The summed E-state index contributed by atoms with van der Waals surface area (Å²) in [4.78, 5) is 26.4. The monoisotopic (exact) mass is 349 g/mol. The molecule has 0 saturated carbocycles. The minimum Gasteiger partial charge on any atom is -0.341 e. The summed E-state index contributed by atoms with van der Waals surface area (Å²) >= 11 is 0. The number of aromatic nitrogens is 2. The average molecular weight is 349 g/mol. The van der Waals surface area contributed by atoms with Crippen LogP contribution in [0.25, 0.3) is 0 Å². The van der Waals surface area contributed by atoms with E-state index in [-0.39, 0.29) is 17.9 Å². The molecule has 2 amide bonds. The summed E-state index contributed by atoms with van der Waals surface area (Å²) in [6, 6.07) is 1.60. The van der Waals surface area contributed by atoms with Gasteiger partial charge in [-0.1, -0.05) is 34.1 Å². The predicted octanol–water partition coefficient (Wildman–Crippen LogP) is 2.16. The molecule has 1 aromatic heterocycles. The molecule has 0 aliphatic carbocycles. The first-order valence-electron chi connectivity index (χ1n) is 9.13. The Morgan fingerprint density at radius 2 is 2.00 bits per heavy atom. The van der Waals surface area contributed by atoms with E-state index < -0.39 is 11.5 Å². The third-order valence-electron chi connectivity index (χ3n) is 4.63. The van der Waals surface area contributed by atoms with Gasteiger partial charge in [0.1, 0.15) is 5.82 Å². The van der Waals surface area contributed by atoms with E-state index >= 15 is 0 Å². The molecule has 1 atom stereocenters. The van der Waals surface area contributed by atoms with Crippen molar-refractivity contribution < 1.29 is 9.59 Å². The van der Waals surface area contributed by atoms with Crippen LogP contribution in [0.5, 0.6) is 0 Å². The second-order valence-electron chi connectivity index (χ2n) is 7.82. The Labute approximate surface area is 149 Å². The van der Waals surface area contributed by atoms with Gasteiger partial charge in [-0.25, -0.2) is 4.68 Å². The SMILES string of the molecule is CCC[C@@H](N)C(=O)N1CCC(n2nccc2NC(=O)C(C)(C)C)CC1. The zero-order valence-corrected chi connectivity index (χ0v) is 15.8. The first kappa shape index (κ1) is 19.4. The maximum Gasteiger partial charge on any atom is 0.239 e. The number of nitrogens with zero attached hydrogens (tertiary/aromatic N) is 3. The predicted molar refractivity (Wildman–Crippen MR) is 98.0 cm³/mol. The molecule has 25 heavy (non-hydrogen) atoms. The Hall–Kier alpha value is -1.89. The van der Waals surface area contributed by atoms with E-state index in [0.717, 1.165) is 25.7 Å². The Morgan fingerprint density at radius 1 is 1.36 bits per heavy atom. The van der Waals surface area contributed by atoms with Crippen molar-refractivity contribution in [2.45, 2.75) is 65.5 Å². The highest BCUT2D eigenvalue weighted by atomic mass is 16.2. The zero-order chi connectivity index (χ0) is 18.6. The minimum atomic E-state index is -0.458. The number of amides is 2. The van der Waals surface area contributed by atoms with Gasteiger partial charge in [0.25, 0.3) is 0 Å². The number of nitrogens with two attached hydrogens (primary N) is 1. The molecule has 0 unspecified atom stereocenters. The Kier molecular flexibility index (Phi) is 6.21. The third-order valence-corrected chi connectivity index (χ3v) is 4.63. The van der Waals surface area contributed by atoms with E-state index in [0.29, 0.717) is 18.9 Å². The Bertz CT molecular complexity index is 597. The van der Waals surface area contributed by atoms with Gasteiger partial charge in [-0.15, -0.1) is 0 Å². The lowest BCUT2D eigenvalue weighted by molar-refractivity contribution is -0.134. The second kappa shape index (κ2) is 7.99. The largest absolute Gasteiger partial charge is 0.341 e. The van der Waals surface area contributed by atoms with Gasteiger partial charge in [0.2, 0.25) is 11.8 Å². The zero-order valence-electron chi connectivity index (χ0n) is 15.8. The standard InChI is InChI=1S/C18H31N5O2/c1-5-6-14(19)16(24)22-11-8-13(9-12-22)23-15(7-10-20-23)21-17(25)18(2,3)4/h7,10,13-14H,5-6,8-9,11-12,19H2,1-4H3,(H,21,25)/t14-/m1/s1. The van der Waals surface area contributed by atoms with Crippen molar-refractivity contribution in [2.75, 3.05) is 18.4 Å². The summed E-state index contributed by atoms with van der Waals surface area (Å²) < 4.78 is 1.87. The topological polar surface area (TPSA) is 93.2 Å². The van der Waals surface area contributed by atoms with Crippen LogP contribution in [0.3, 0.4) is 0 Å². The number of carbonyl (C=O) groups excluding carboxylic acids is 2. The number of piperidine rings is 1. The van der Waals surface area contributed by atoms with Crippen molar-refractivity contribution in [3.63, 3.8) is 0 Å². The van der Waals surface area contributed by atoms with Crippen molar-refractivity contribution >= 4 is 17.6 Å². The first-order valence-corrected chi connectivity index (χ1v) is 9.13. The van der Waals surface area contributed by atoms with Crippen LogP contribution >= 0.6 is 0 Å². The molecule has 0 radical (unpaired) electrons. The second-order valence-corrected chi connectivity index (χ2v) is 7.82. The molecular formula is C18H31N5O2. The van der Waals surface area contributed by atoms with E-state index in [1.807, 2.05) is 43.3 Å². The van der Waals surface area contributed by atoms with Crippen LogP contribution in [0, 0.1) is 5.41 Å². The Morgan fingerprint density at radius 3 is 2.56 bits per heavy atom. The third kappa shape index (κ3) is 4.81. The van der Waals surface area contributed by atoms with Crippen LogP contribution in [0.4, 0.5) is 5.82 Å². The Balaban J connectivity index is 1.97. The summed E-state index contributed by atoms with van der Waals surface area (Å²) in [6.07, 6.45) is 4.96. The van der Waals surface area contributed by atoms with Gasteiger partial charge in [-0.3, -0.25) is 9.59 Å². The molecule has 0 spiro atoms. The minimum absolute atomic E-state index is 0.0348. The average Bonchev–Trinajstić information content (AvgIpc) is 3.01. The number of rotatable bonds is 5. The molecule has 7 heteroatoms. The van der Waals surface area contributed by atoms with E-state index in [9.17, 15) is 9.59 Å². The molecule has 2 rings (SSSR count). The number of carbonyl (C=O) groups is 2. The molecule has 3 N–H and O–H groups in total. The van der Waals surface area contributed by atoms with Crippen LogP contribution in [-0.4, -0.2) is 45.6 Å². The molecule has 0 bridgehead atoms. The molecule has 140 valence electrons. The van der Waals surface area contributed by atoms with Crippen molar-refractivity contribution in [2.24, 2.45) is 11.1 Å². The number of anilines is 1. The van der Waals surface area contributed by atoms with Gasteiger partial charge in [-0.2, -0.15) is 5.10 Å². The van der Waals surface area contributed by atoms with E-state index in [1.54, 1.807) is 6.20 Å². The van der Waals surface area contributed by atoms with Gasteiger partial charge < -0.3 is 16.0 Å². The number of nitrogens with one attached hydrogen (secondary N) is 1. The van der Waals surface area contributed by atoms with Crippen molar-refractivity contribution in [1.82, 2.24) is 14.7 Å². The van der Waals surface area contributed by atoms with Crippen molar-refractivity contribution in [3.05, 3.63) is 12.3 Å². The molecule has 1 aromatic rings. The van der Waals surface area contributed by atoms with E-state index in [1.165, 1.54) is 0 Å². The molecule has 7 nitrogen and oxygen atoms in total. The fraction of sp³-hybridized carbons (Fsp3) is 0.722. The van der Waals surface area contributed by atoms with Gasteiger partial charge in [-0.05, 0) is 19.3 Å². The summed E-state index contributed by atoms with van der Waals surface area (Å²) in [5.74, 6) is 0.724. The molecule has 1 aliphatic rings. The highest BCUT2D eigenvalue weighted by Gasteiger charge is 2.29. The van der Waals surface area contributed by atoms with Gasteiger partial charge in [0.05, 0.1) is 18.3 Å². The van der Waals surface area contributed by atoms with Gasteiger partial charge in [0, 0.05) is 24.6 Å². The van der Waals surface area contributed by atoms with Gasteiger partial charge >= 0.3 is 0 Å². The van der Waals surface area contributed by atoms with Gasteiger partial charge in [0.15, 0.2) is 0 Å². The summed E-state index contributed by atoms with van der Waals surface area (Å²) in [5, 5.41) is 7.34. The van der Waals surface area contributed by atoms with E-state index in [4.69, 9.17) is 5.73 Å². The molecule has 2 heterocycles. The summed E-state index contributed by atoms with van der Waals surface area (Å²) in [5.41, 5.74) is 5.49. The lowest BCUT2D eigenvalue weighted by Gasteiger charge is -2.34. The molecule has 0 aromatic carbocycles. The van der Waals surface area contributed by atoms with Crippen LogP contribution in [0.1, 0.15) is 59.4 Å². The van der Waals surface area contributed by atoms with Crippen LogP contribution in [0.2, 0.25) is 0 Å². The molecule has 1 aliphatic heterocycles.